The van der Waals surface area contributed by atoms with E-state index in [2.05, 4.69) is 15.9 Å². The average Bonchev–Trinajstić information content (AvgIpc) is 2.71. The van der Waals surface area contributed by atoms with Crippen molar-refractivity contribution in [3.8, 4) is 23.0 Å². The molecule has 0 aliphatic rings. The summed E-state index contributed by atoms with van der Waals surface area (Å²) in [4.78, 5) is 0. The van der Waals surface area contributed by atoms with Crippen LogP contribution in [0.3, 0.4) is 0 Å². The molecule has 2 aromatic carbocycles. The summed E-state index contributed by atoms with van der Waals surface area (Å²) in [6.45, 7) is -0.138. The highest BCUT2D eigenvalue weighted by Gasteiger charge is 2.22. The summed E-state index contributed by atoms with van der Waals surface area (Å²) in [7, 11) is 6.11. The quantitative estimate of drug-likeness (QED) is 0.653. The van der Waals surface area contributed by atoms with Crippen LogP contribution in [0, 0.1) is 0 Å². The van der Waals surface area contributed by atoms with Gasteiger partial charge in [-0.25, -0.2) is 0 Å². The van der Waals surface area contributed by atoms with Crippen molar-refractivity contribution >= 4 is 22.0 Å². The molecule has 1 unspecified atom stereocenters. The van der Waals surface area contributed by atoms with E-state index in [0.29, 0.717) is 38.6 Å². The number of methoxy groups -OCH3 is 4. The summed E-state index contributed by atoms with van der Waals surface area (Å²) in [6.07, 6.45) is 2.42. The van der Waals surface area contributed by atoms with Crippen LogP contribution in [-0.4, -0.2) is 38.7 Å². The second-order valence-electron chi connectivity index (χ2n) is 5.58. The van der Waals surface area contributed by atoms with Crippen LogP contribution in [0.15, 0.2) is 34.8 Å². The van der Waals surface area contributed by atoms with Gasteiger partial charge in [0, 0.05) is 5.56 Å². The molecule has 2 N–H and O–H groups in total. The highest BCUT2D eigenvalue weighted by molar-refractivity contribution is 9.10. The van der Waals surface area contributed by atoms with Crippen molar-refractivity contribution < 1.29 is 29.2 Å². The first kappa shape index (κ1) is 21.1. The topological polar surface area (TPSA) is 77.4 Å². The summed E-state index contributed by atoms with van der Waals surface area (Å²) in [5.74, 6) is 1.97. The third kappa shape index (κ3) is 4.55. The molecule has 0 saturated carbocycles. The highest BCUT2D eigenvalue weighted by Crippen LogP contribution is 2.46. The van der Waals surface area contributed by atoms with Crippen LogP contribution < -0.4 is 18.9 Å². The summed E-state index contributed by atoms with van der Waals surface area (Å²) in [6, 6.07) is 7.04. The minimum absolute atomic E-state index is 0.138. The summed E-state index contributed by atoms with van der Waals surface area (Å²) >= 11 is 3.46. The second kappa shape index (κ2) is 9.64. The van der Waals surface area contributed by atoms with Gasteiger partial charge in [-0.1, -0.05) is 18.2 Å². The van der Waals surface area contributed by atoms with Crippen LogP contribution in [0.2, 0.25) is 0 Å². The Kier molecular flexibility index (Phi) is 7.53. The molecule has 146 valence electrons. The molecule has 0 heterocycles. The van der Waals surface area contributed by atoms with Crippen LogP contribution in [0.5, 0.6) is 23.0 Å². The number of hydrogen-bond acceptors (Lipinski definition) is 6. The van der Waals surface area contributed by atoms with Crippen LogP contribution in [0.4, 0.5) is 0 Å². The van der Waals surface area contributed by atoms with Gasteiger partial charge in [-0.05, 0) is 45.3 Å². The van der Waals surface area contributed by atoms with E-state index < -0.39 is 6.10 Å². The third-order valence-corrected chi connectivity index (χ3v) is 4.91. The molecule has 2 rings (SSSR count). The molecule has 0 radical (unpaired) electrons. The van der Waals surface area contributed by atoms with Crippen molar-refractivity contribution in [2.75, 3.05) is 28.4 Å². The first-order valence-corrected chi connectivity index (χ1v) is 8.92. The molecule has 0 aromatic heterocycles. The summed E-state index contributed by atoms with van der Waals surface area (Å²) < 4.78 is 21.8. The van der Waals surface area contributed by atoms with Crippen LogP contribution in [0.25, 0.3) is 6.08 Å². The Bertz CT molecular complexity index is 819. The van der Waals surface area contributed by atoms with Crippen molar-refractivity contribution in [2.24, 2.45) is 0 Å². The molecular formula is C20H23BrO6. The minimum atomic E-state index is -0.943. The zero-order valence-electron chi connectivity index (χ0n) is 15.7. The zero-order valence-corrected chi connectivity index (χ0v) is 17.2. The van der Waals surface area contributed by atoms with Crippen LogP contribution >= 0.6 is 15.9 Å². The predicted molar refractivity (Wildman–Crippen MR) is 107 cm³/mol. The lowest BCUT2D eigenvalue weighted by molar-refractivity contribution is 0.226. The highest BCUT2D eigenvalue weighted by atomic mass is 79.9. The van der Waals surface area contributed by atoms with Crippen molar-refractivity contribution in [2.45, 2.75) is 12.7 Å². The molecule has 0 aliphatic heterocycles. The van der Waals surface area contributed by atoms with Crippen LogP contribution in [0.1, 0.15) is 22.8 Å². The first-order chi connectivity index (χ1) is 13.0. The number of benzene rings is 2. The maximum Gasteiger partial charge on any atom is 0.204 e. The molecule has 7 heteroatoms. The number of rotatable bonds is 8. The van der Waals surface area contributed by atoms with E-state index in [1.54, 1.807) is 37.5 Å². The lowest BCUT2D eigenvalue weighted by Gasteiger charge is -2.18. The van der Waals surface area contributed by atoms with Gasteiger partial charge in [0.1, 0.15) is 5.75 Å². The Morgan fingerprint density at radius 2 is 1.70 bits per heavy atom. The number of halogens is 1. The summed E-state index contributed by atoms with van der Waals surface area (Å²) in [5.41, 5.74) is 2.03. The number of aliphatic hydroxyl groups is 2. The van der Waals surface area contributed by atoms with Gasteiger partial charge in [0.05, 0.1) is 45.6 Å². The van der Waals surface area contributed by atoms with E-state index in [1.807, 2.05) is 6.07 Å². The molecule has 0 bridgehead atoms. The largest absolute Gasteiger partial charge is 0.497 e. The minimum Gasteiger partial charge on any atom is -0.497 e. The number of aliphatic hydroxyl groups excluding tert-OH is 2. The molecule has 2 aromatic rings. The molecule has 0 aliphatic carbocycles. The van der Waals surface area contributed by atoms with E-state index in [0.717, 1.165) is 5.56 Å². The molecule has 0 fully saturated rings. The molecule has 0 saturated heterocycles. The maximum absolute atomic E-state index is 10.7. The van der Waals surface area contributed by atoms with E-state index in [1.165, 1.54) is 21.3 Å². The van der Waals surface area contributed by atoms with Crippen molar-refractivity contribution in [3.63, 3.8) is 0 Å². The number of ether oxygens (including phenoxy) is 4. The predicted octanol–water partition coefficient (Wildman–Crippen LogP) is 3.72. The lowest BCUT2D eigenvalue weighted by Crippen LogP contribution is -2.02. The maximum atomic E-state index is 10.7. The van der Waals surface area contributed by atoms with E-state index in [4.69, 9.17) is 18.9 Å². The fourth-order valence-corrected chi connectivity index (χ4v) is 3.35. The first-order valence-electron chi connectivity index (χ1n) is 8.13. The zero-order chi connectivity index (χ0) is 20.0. The smallest absolute Gasteiger partial charge is 0.204 e. The molecule has 27 heavy (non-hydrogen) atoms. The van der Waals surface area contributed by atoms with Gasteiger partial charge in [0.15, 0.2) is 11.5 Å². The Labute approximate surface area is 167 Å². The number of hydrogen-bond donors (Lipinski definition) is 2. The van der Waals surface area contributed by atoms with Gasteiger partial charge < -0.3 is 29.2 Å². The fraction of sp³-hybridized carbons (Fsp3) is 0.300. The average molecular weight is 439 g/mol. The second-order valence-corrected chi connectivity index (χ2v) is 6.37. The Morgan fingerprint density at radius 1 is 1.00 bits per heavy atom. The van der Waals surface area contributed by atoms with Gasteiger partial charge in [-0.2, -0.15) is 0 Å². The van der Waals surface area contributed by atoms with Gasteiger partial charge in [0.25, 0.3) is 0 Å². The van der Waals surface area contributed by atoms with Gasteiger partial charge in [-0.15, -0.1) is 0 Å². The monoisotopic (exact) mass is 438 g/mol. The van der Waals surface area contributed by atoms with E-state index in [-0.39, 0.29) is 6.61 Å². The van der Waals surface area contributed by atoms with Crippen molar-refractivity contribution in [3.05, 3.63) is 51.5 Å². The Balaban J connectivity index is 2.41. The van der Waals surface area contributed by atoms with Gasteiger partial charge in [0.2, 0.25) is 5.75 Å². The molecule has 0 spiro atoms. The van der Waals surface area contributed by atoms with Crippen molar-refractivity contribution in [1.82, 2.24) is 0 Å². The molecule has 1 atom stereocenters. The fourth-order valence-electron chi connectivity index (χ4n) is 2.66. The van der Waals surface area contributed by atoms with Crippen LogP contribution in [-0.2, 0) is 6.61 Å². The van der Waals surface area contributed by atoms with Gasteiger partial charge >= 0.3 is 0 Å². The molecular weight excluding hydrogens is 416 g/mol. The Hall–Kier alpha value is -2.22. The third-order valence-electron chi connectivity index (χ3n) is 4.09. The Morgan fingerprint density at radius 3 is 2.26 bits per heavy atom. The SMILES string of the molecule is COc1ccc(/C=C/C(O)c2cc(OC)c(OC)c(OC)c2Br)c(CO)c1. The standard InChI is InChI=1S/C20H23BrO6/c1-24-14-7-5-12(13(9-14)11-22)6-8-16(23)15-10-17(25-2)19(26-3)20(27-4)18(15)21/h5-10,16,22-23H,11H2,1-4H3/b8-6+. The van der Waals surface area contributed by atoms with Crippen molar-refractivity contribution in [1.29, 1.82) is 0 Å². The molecule has 6 nitrogen and oxygen atoms in total. The summed E-state index contributed by atoms with van der Waals surface area (Å²) in [5, 5.41) is 20.2. The molecule has 0 amide bonds. The van der Waals surface area contributed by atoms with E-state index >= 15 is 0 Å². The lowest BCUT2D eigenvalue weighted by atomic mass is 10.0. The normalized spacial score (nSPS) is 12.1. The van der Waals surface area contributed by atoms with Gasteiger partial charge in [-0.3, -0.25) is 0 Å². The van der Waals surface area contributed by atoms with E-state index in [9.17, 15) is 10.2 Å².